The molecule has 0 spiro atoms. The van der Waals surface area contributed by atoms with Gasteiger partial charge in [-0.05, 0) is 30.3 Å². The van der Waals surface area contributed by atoms with Gasteiger partial charge in [-0.25, -0.2) is 4.79 Å². The molecule has 2 aromatic carbocycles. The minimum atomic E-state index is -0.457. The molecule has 0 aliphatic heterocycles. The van der Waals surface area contributed by atoms with Crippen LogP contribution in [0.5, 0.6) is 0 Å². The van der Waals surface area contributed by atoms with E-state index in [1.807, 2.05) is 36.4 Å². The Hall–Kier alpha value is -3.12. The van der Waals surface area contributed by atoms with Gasteiger partial charge < -0.3 is 5.73 Å². The van der Waals surface area contributed by atoms with Crippen LogP contribution in [0.1, 0.15) is 0 Å². The molecule has 0 unspecified atom stereocenters. The molecule has 0 aliphatic carbocycles. The summed E-state index contributed by atoms with van der Waals surface area (Å²) in [5.74, 6) is 0.150. The van der Waals surface area contributed by atoms with E-state index in [1.165, 1.54) is 4.57 Å². The molecule has 0 aliphatic rings. The highest BCUT2D eigenvalue weighted by Gasteiger charge is 2.16. The summed E-state index contributed by atoms with van der Waals surface area (Å²) in [7, 11) is 0. The Kier molecular flexibility index (Phi) is 3.32. The number of nitrogens with one attached hydrogen (secondary N) is 1. The monoisotopic (exact) mass is 337 g/mol. The number of nitrogen functional groups attached to an aromatic ring is 1. The van der Waals surface area contributed by atoms with E-state index in [0.717, 1.165) is 0 Å². The average molecular weight is 338 g/mol. The number of para-hydroxylation sites is 1. The second-order valence-electron chi connectivity index (χ2n) is 5.26. The molecule has 2 heterocycles. The van der Waals surface area contributed by atoms with Gasteiger partial charge in [-0.3, -0.25) is 9.67 Å². The van der Waals surface area contributed by atoms with Crippen molar-refractivity contribution in [2.75, 3.05) is 5.73 Å². The van der Waals surface area contributed by atoms with E-state index in [2.05, 4.69) is 15.2 Å². The number of rotatable bonds is 2. The lowest BCUT2D eigenvalue weighted by atomic mass is 10.1. The Morgan fingerprint density at radius 2 is 1.92 bits per heavy atom. The number of fused-ring (bicyclic) bond motifs is 1. The molecule has 7 heteroatoms. The predicted octanol–water partition coefficient (Wildman–Crippen LogP) is 3.01. The van der Waals surface area contributed by atoms with E-state index in [9.17, 15) is 4.79 Å². The van der Waals surface area contributed by atoms with Crippen LogP contribution < -0.4 is 11.4 Å². The van der Waals surface area contributed by atoms with Crippen molar-refractivity contribution in [2.45, 2.75) is 0 Å². The van der Waals surface area contributed by atoms with Crippen LogP contribution >= 0.6 is 11.6 Å². The zero-order valence-corrected chi connectivity index (χ0v) is 13.2. The van der Waals surface area contributed by atoms with Crippen LogP contribution in [0.15, 0.2) is 59.5 Å². The fourth-order valence-corrected chi connectivity index (χ4v) is 3.00. The van der Waals surface area contributed by atoms with Crippen molar-refractivity contribution < 1.29 is 0 Å². The van der Waals surface area contributed by atoms with Crippen LogP contribution in [-0.2, 0) is 0 Å². The summed E-state index contributed by atoms with van der Waals surface area (Å²) < 4.78 is 1.49. The number of hydrogen-bond acceptors (Lipinski definition) is 4. The van der Waals surface area contributed by atoms with Gasteiger partial charge in [0.15, 0.2) is 0 Å². The fraction of sp³-hybridized carbons (Fsp3) is 0. The number of aromatic amines is 1. The molecule has 2 aromatic heterocycles. The van der Waals surface area contributed by atoms with Gasteiger partial charge >= 0.3 is 5.69 Å². The van der Waals surface area contributed by atoms with Crippen molar-refractivity contribution in [2.24, 2.45) is 0 Å². The maximum absolute atomic E-state index is 12.5. The number of H-pyrrole nitrogens is 1. The minimum Gasteiger partial charge on any atom is -0.383 e. The van der Waals surface area contributed by atoms with E-state index in [1.54, 1.807) is 18.3 Å². The molecular formula is C17H12ClN5O. The van der Waals surface area contributed by atoms with Gasteiger partial charge in [-0.1, -0.05) is 29.8 Å². The second-order valence-corrected chi connectivity index (χ2v) is 5.69. The molecule has 0 saturated carbocycles. The Labute approximate surface area is 141 Å². The van der Waals surface area contributed by atoms with Gasteiger partial charge in [-0.2, -0.15) is 10.1 Å². The van der Waals surface area contributed by atoms with Crippen LogP contribution in [0.4, 0.5) is 5.82 Å². The van der Waals surface area contributed by atoms with Crippen molar-refractivity contribution >= 4 is 28.3 Å². The summed E-state index contributed by atoms with van der Waals surface area (Å²) in [5.41, 5.74) is 8.27. The lowest BCUT2D eigenvalue weighted by Gasteiger charge is -2.14. The largest absolute Gasteiger partial charge is 0.383 e. The van der Waals surface area contributed by atoms with Gasteiger partial charge in [0.2, 0.25) is 0 Å². The maximum Gasteiger partial charge on any atom is 0.354 e. The standard InChI is InChI=1S/C17H12ClN5O/c18-10-8-12(13-6-7-20-22-13)15-14(9-10)23(17(24)21-16(15)19)11-4-2-1-3-5-11/h1-9H,(H,20,22)(H2,19,21,24). The van der Waals surface area contributed by atoms with Gasteiger partial charge in [0, 0.05) is 16.8 Å². The van der Waals surface area contributed by atoms with E-state index in [0.29, 0.717) is 32.9 Å². The topological polar surface area (TPSA) is 89.6 Å². The second kappa shape index (κ2) is 5.50. The summed E-state index contributed by atoms with van der Waals surface area (Å²) in [5, 5.41) is 8.07. The summed E-state index contributed by atoms with van der Waals surface area (Å²) in [6, 6.07) is 14.5. The average Bonchev–Trinajstić information content (AvgIpc) is 3.09. The summed E-state index contributed by atoms with van der Waals surface area (Å²) >= 11 is 6.29. The maximum atomic E-state index is 12.5. The molecule has 0 radical (unpaired) electrons. The zero-order chi connectivity index (χ0) is 16.7. The third kappa shape index (κ3) is 2.24. The fourth-order valence-electron chi connectivity index (χ4n) is 2.79. The summed E-state index contributed by atoms with van der Waals surface area (Å²) in [4.78, 5) is 16.5. The third-order valence-corrected chi connectivity index (χ3v) is 4.00. The highest BCUT2D eigenvalue weighted by atomic mass is 35.5. The number of nitrogens with two attached hydrogens (primary N) is 1. The molecule has 3 N–H and O–H groups in total. The molecule has 0 atom stereocenters. The molecule has 4 rings (SSSR count). The van der Waals surface area contributed by atoms with Gasteiger partial charge in [0.1, 0.15) is 5.82 Å². The normalized spacial score (nSPS) is 11.0. The van der Waals surface area contributed by atoms with Gasteiger partial charge in [0.05, 0.1) is 22.3 Å². The number of benzene rings is 2. The van der Waals surface area contributed by atoms with E-state index in [4.69, 9.17) is 17.3 Å². The summed E-state index contributed by atoms with van der Waals surface area (Å²) in [6.45, 7) is 0. The number of anilines is 1. The van der Waals surface area contributed by atoms with Crippen LogP contribution in [0.25, 0.3) is 27.8 Å². The first-order valence-electron chi connectivity index (χ1n) is 7.22. The first-order chi connectivity index (χ1) is 11.6. The first-order valence-corrected chi connectivity index (χ1v) is 7.60. The van der Waals surface area contributed by atoms with Crippen molar-refractivity contribution in [1.82, 2.24) is 19.7 Å². The Balaban J connectivity index is 2.18. The van der Waals surface area contributed by atoms with E-state index in [-0.39, 0.29) is 5.82 Å². The summed E-state index contributed by atoms with van der Waals surface area (Å²) in [6.07, 6.45) is 1.71. The lowest BCUT2D eigenvalue weighted by Crippen LogP contribution is -2.23. The molecular weight excluding hydrogens is 326 g/mol. The van der Waals surface area contributed by atoms with Crippen molar-refractivity contribution in [3.8, 4) is 16.9 Å². The molecule has 118 valence electrons. The first kappa shape index (κ1) is 14.5. The Bertz CT molecular complexity index is 1090. The van der Waals surface area contributed by atoms with E-state index >= 15 is 0 Å². The zero-order valence-electron chi connectivity index (χ0n) is 12.4. The van der Waals surface area contributed by atoms with Gasteiger partial charge in [0.25, 0.3) is 0 Å². The number of halogens is 1. The molecule has 6 nitrogen and oxygen atoms in total. The number of hydrogen-bond donors (Lipinski definition) is 2. The molecule has 0 amide bonds. The number of nitrogens with zero attached hydrogens (tertiary/aromatic N) is 3. The SMILES string of the molecule is Nc1nc(=O)n(-c2ccccc2)c2cc(Cl)cc(-c3cc[nH]n3)c12. The van der Waals surface area contributed by atoms with Crippen LogP contribution in [0.2, 0.25) is 5.02 Å². The van der Waals surface area contributed by atoms with E-state index < -0.39 is 5.69 Å². The highest BCUT2D eigenvalue weighted by molar-refractivity contribution is 6.32. The minimum absolute atomic E-state index is 0.150. The smallest absolute Gasteiger partial charge is 0.354 e. The number of aromatic nitrogens is 4. The Morgan fingerprint density at radius 1 is 1.12 bits per heavy atom. The highest BCUT2D eigenvalue weighted by Crippen LogP contribution is 2.33. The van der Waals surface area contributed by atoms with Crippen LogP contribution in [-0.4, -0.2) is 19.7 Å². The van der Waals surface area contributed by atoms with Crippen molar-refractivity contribution in [1.29, 1.82) is 0 Å². The van der Waals surface area contributed by atoms with Crippen molar-refractivity contribution in [3.63, 3.8) is 0 Å². The van der Waals surface area contributed by atoms with Gasteiger partial charge in [-0.15, -0.1) is 0 Å². The van der Waals surface area contributed by atoms with Crippen LogP contribution in [0, 0.1) is 0 Å². The van der Waals surface area contributed by atoms with Crippen LogP contribution in [0.3, 0.4) is 0 Å². The lowest BCUT2D eigenvalue weighted by molar-refractivity contribution is 0.965. The quantitative estimate of drug-likeness (QED) is 0.588. The molecule has 4 aromatic rings. The third-order valence-electron chi connectivity index (χ3n) is 3.78. The van der Waals surface area contributed by atoms with Crippen molar-refractivity contribution in [3.05, 3.63) is 70.2 Å². The molecule has 0 saturated heterocycles. The molecule has 0 bridgehead atoms. The predicted molar refractivity (Wildman–Crippen MR) is 94.3 cm³/mol. The molecule has 24 heavy (non-hydrogen) atoms. The molecule has 0 fully saturated rings. The Morgan fingerprint density at radius 3 is 2.62 bits per heavy atom.